The summed E-state index contributed by atoms with van der Waals surface area (Å²) in [5, 5.41) is 38.0. The predicted octanol–water partition coefficient (Wildman–Crippen LogP) is -0.136. The first-order valence-electron chi connectivity index (χ1n) is 7.00. The van der Waals surface area contributed by atoms with E-state index >= 15 is 0 Å². The van der Waals surface area contributed by atoms with E-state index in [1.807, 2.05) is 13.8 Å². The van der Waals surface area contributed by atoms with Crippen molar-refractivity contribution < 1.29 is 34.7 Å². The lowest BCUT2D eigenvalue weighted by atomic mass is 9.98. The Morgan fingerprint density at radius 1 is 1.10 bits per heavy atom. The fourth-order valence-electron chi connectivity index (χ4n) is 2.28. The van der Waals surface area contributed by atoms with Gasteiger partial charge in [0.1, 0.15) is 18.3 Å². The molecule has 0 bridgehead atoms. The number of carboxylic acid groups (broad SMARTS) is 1. The molecule has 1 saturated heterocycles. The van der Waals surface area contributed by atoms with Crippen molar-refractivity contribution >= 4 is 5.97 Å². The van der Waals surface area contributed by atoms with Crippen molar-refractivity contribution in [2.75, 3.05) is 0 Å². The van der Waals surface area contributed by atoms with Crippen LogP contribution in [0.5, 0.6) is 0 Å². The highest BCUT2D eigenvalue weighted by atomic mass is 16.7. The topological polar surface area (TPSA) is 116 Å². The average Bonchev–Trinajstić information content (AvgIpc) is 2.39. The molecule has 4 N–H and O–H groups in total. The summed E-state index contributed by atoms with van der Waals surface area (Å²) in [5.41, 5.74) is 0. The van der Waals surface area contributed by atoms with Crippen molar-refractivity contribution in [2.24, 2.45) is 0 Å². The summed E-state index contributed by atoms with van der Waals surface area (Å²) in [5.74, 6) is -1.40. The minimum Gasteiger partial charge on any atom is -0.479 e. The van der Waals surface area contributed by atoms with Gasteiger partial charge in [0.05, 0.1) is 6.10 Å². The van der Waals surface area contributed by atoms with Crippen LogP contribution in [0, 0.1) is 0 Å². The van der Waals surface area contributed by atoms with E-state index in [2.05, 4.69) is 0 Å². The van der Waals surface area contributed by atoms with Crippen LogP contribution in [0.3, 0.4) is 0 Å². The second kappa shape index (κ2) is 7.90. The van der Waals surface area contributed by atoms with E-state index in [1.54, 1.807) is 0 Å². The maximum Gasteiger partial charge on any atom is 0.335 e. The van der Waals surface area contributed by atoms with Gasteiger partial charge in [0.15, 0.2) is 12.4 Å². The number of ether oxygens (including phenoxy) is 2. The van der Waals surface area contributed by atoms with Crippen LogP contribution in [0.2, 0.25) is 0 Å². The van der Waals surface area contributed by atoms with Crippen molar-refractivity contribution in [3.05, 3.63) is 0 Å². The minimum absolute atomic E-state index is 0.179. The van der Waals surface area contributed by atoms with Gasteiger partial charge in [-0.05, 0) is 12.8 Å². The molecule has 0 aliphatic carbocycles. The van der Waals surface area contributed by atoms with E-state index in [9.17, 15) is 20.1 Å². The van der Waals surface area contributed by atoms with Crippen molar-refractivity contribution in [3.63, 3.8) is 0 Å². The van der Waals surface area contributed by atoms with Gasteiger partial charge >= 0.3 is 5.97 Å². The molecule has 0 unspecified atom stereocenters. The van der Waals surface area contributed by atoms with Crippen LogP contribution in [0.1, 0.15) is 39.5 Å². The lowest BCUT2D eigenvalue weighted by molar-refractivity contribution is -0.305. The van der Waals surface area contributed by atoms with Crippen LogP contribution >= 0.6 is 0 Å². The van der Waals surface area contributed by atoms with Gasteiger partial charge in [0.2, 0.25) is 0 Å². The van der Waals surface area contributed by atoms with Crippen molar-refractivity contribution in [3.8, 4) is 0 Å². The Balaban J connectivity index is 2.73. The molecule has 1 heterocycles. The summed E-state index contributed by atoms with van der Waals surface area (Å²) in [6, 6.07) is 0. The van der Waals surface area contributed by atoms with E-state index in [4.69, 9.17) is 14.6 Å². The molecule has 0 aromatic heterocycles. The average molecular weight is 292 g/mol. The van der Waals surface area contributed by atoms with E-state index in [-0.39, 0.29) is 6.10 Å². The standard InChI is InChI=1S/C13H24O7/c1-3-5-7(6-4-2)19-13-10(16)8(14)9(15)11(20-13)12(17)18/h7-11,13-16H,3-6H2,1-2H3,(H,17,18)/t8-,9-,10+,11-,13+/m0/s1. The second-order valence-electron chi connectivity index (χ2n) is 5.07. The summed E-state index contributed by atoms with van der Waals surface area (Å²) < 4.78 is 10.7. The zero-order chi connectivity index (χ0) is 15.3. The number of aliphatic hydroxyl groups is 3. The zero-order valence-corrected chi connectivity index (χ0v) is 11.8. The molecule has 5 atom stereocenters. The van der Waals surface area contributed by atoms with Crippen LogP contribution in [-0.2, 0) is 14.3 Å². The van der Waals surface area contributed by atoms with Crippen molar-refractivity contribution in [2.45, 2.75) is 76.3 Å². The third-order valence-electron chi connectivity index (χ3n) is 3.36. The summed E-state index contributed by atoms with van der Waals surface area (Å²) in [4.78, 5) is 11.0. The van der Waals surface area contributed by atoms with Gasteiger partial charge in [-0.1, -0.05) is 26.7 Å². The van der Waals surface area contributed by atoms with Gasteiger partial charge in [-0.15, -0.1) is 0 Å². The number of hydrogen-bond acceptors (Lipinski definition) is 6. The van der Waals surface area contributed by atoms with Crippen molar-refractivity contribution in [1.82, 2.24) is 0 Å². The molecular weight excluding hydrogens is 268 g/mol. The quantitative estimate of drug-likeness (QED) is 0.516. The highest BCUT2D eigenvalue weighted by Gasteiger charge is 2.47. The SMILES string of the molecule is CCCC(CCC)O[C@@H]1O[C@H](C(=O)O)[C@@H](O)[C@H](O)[C@H]1O. The number of carbonyl (C=O) groups is 1. The lowest BCUT2D eigenvalue weighted by Gasteiger charge is -2.39. The molecule has 1 aliphatic rings. The number of rotatable bonds is 7. The molecule has 1 aliphatic heterocycles. The molecule has 1 rings (SSSR count). The highest BCUT2D eigenvalue weighted by molar-refractivity contribution is 5.73. The Morgan fingerprint density at radius 2 is 1.65 bits per heavy atom. The Morgan fingerprint density at radius 3 is 2.10 bits per heavy atom. The maximum atomic E-state index is 11.0. The van der Waals surface area contributed by atoms with Crippen LogP contribution < -0.4 is 0 Å². The molecule has 7 heteroatoms. The molecule has 0 aromatic rings. The Hall–Kier alpha value is -0.730. The third-order valence-corrected chi connectivity index (χ3v) is 3.36. The van der Waals surface area contributed by atoms with Gasteiger partial charge in [0.25, 0.3) is 0 Å². The molecule has 0 amide bonds. The summed E-state index contributed by atoms with van der Waals surface area (Å²) in [6.07, 6.45) is -4.56. The van der Waals surface area contributed by atoms with E-state index < -0.39 is 36.7 Å². The van der Waals surface area contributed by atoms with Crippen molar-refractivity contribution in [1.29, 1.82) is 0 Å². The van der Waals surface area contributed by atoms with Crippen LogP contribution in [0.4, 0.5) is 0 Å². The number of carboxylic acids is 1. The second-order valence-corrected chi connectivity index (χ2v) is 5.07. The number of aliphatic hydroxyl groups excluding tert-OH is 3. The largest absolute Gasteiger partial charge is 0.479 e. The number of aliphatic carboxylic acids is 1. The lowest BCUT2D eigenvalue weighted by Crippen LogP contribution is -2.60. The van der Waals surface area contributed by atoms with E-state index in [1.165, 1.54) is 0 Å². The molecule has 0 saturated carbocycles. The van der Waals surface area contributed by atoms with Crippen LogP contribution in [0.25, 0.3) is 0 Å². The molecule has 0 spiro atoms. The summed E-state index contributed by atoms with van der Waals surface area (Å²) in [7, 11) is 0. The normalized spacial score (nSPS) is 34.4. The first-order valence-corrected chi connectivity index (χ1v) is 7.00. The van der Waals surface area contributed by atoms with Crippen LogP contribution in [0.15, 0.2) is 0 Å². The van der Waals surface area contributed by atoms with Gasteiger partial charge < -0.3 is 29.9 Å². The fourth-order valence-corrected chi connectivity index (χ4v) is 2.28. The minimum atomic E-state index is -1.68. The Kier molecular flexibility index (Phi) is 6.84. The first kappa shape index (κ1) is 17.3. The smallest absolute Gasteiger partial charge is 0.335 e. The molecule has 118 valence electrons. The first-order chi connectivity index (χ1) is 9.42. The molecule has 7 nitrogen and oxygen atoms in total. The molecular formula is C13H24O7. The Bertz CT molecular complexity index is 303. The monoisotopic (exact) mass is 292 g/mol. The summed E-state index contributed by atoms with van der Waals surface area (Å²) >= 11 is 0. The van der Waals surface area contributed by atoms with Gasteiger partial charge in [0, 0.05) is 0 Å². The van der Waals surface area contributed by atoms with E-state index in [0.29, 0.717) is 0 Å². The van der Waals surface area contributed by atoms with E-state index in [0.717, 1.165) is 25.7 Å². The summed E-state index contributed by atoms with van der Waals surface area (Å²) in [6.45, 7) is 3.98. The molecule has 0 radical (unpaired) electrons. The number of hydrogen-bond donors (Lipinski definition) is 4. The molecule has 0 aromatic carbocycles. The van der Waals surface area contributed by atoms with Gasteiger partial charge in [-0.2, -0.15) is 0 Å². The molecule has 20 heavy (non-hydrogen) atoms. The predicted molar refractivity (Wildman–Crippen MR) is 69.0 cm³/mol. The molecule has 1 fully saturated rings. The van der Waals surface area contributed by atoms with Gasteiger partial charge in [-0.3, -0.25) is 0 Å². The Labute approximate surface area is 118 Å². The zero-order valence-electron chi connectivity index (χ0n) is 11.8. The highest BCUT2D eigenvalue weighted by Crippen LogP contribution is 2.25. The third kappa shape index (κ3) is 4.13. The van der Waals surface area contributed by atoms with Gasteiger partial charge in [-0.25, -0.2) is 4.79 Å². The fraction of sp³-hybridized carbons (Fsp3) is 0.923. The maximum absolute atomic E-state index is 11.0. The van der Waals surface area contributed by atoms with Crippen LogP contribution in [-0.4, -0.2) is 63.2 Å².